The fourth-order valence-electron chi connectivity index (χ4n) is 1.96. The standard InChI is InChI=1S/C15H22N2OS/c1-9(2)11-6-5-7-12(8-11)17-15(18)13(10(3)4)14(16)19/h5-10,13H,1-4H3,(H2,16,19)(H,17,18). The van der Waals surface area contributed by atoms with E-state index in [9.17, 15) is 4.79 Å². The van der Waals surface area contributed by atoms with Crippen LogP contribution in [0.5, 0.6) is 0 Å². The van der Waals surface area contributed by atoms with Gasteiger partial charge in [-0.25, -0.2) is 0 Å². The third-order valence-corrected chi connectivity index (χ3v) is 3.33. The molecule has 0 heterocycles. The van der Waals surface area contributed by atoms with Crippen molar-refractivity contribution in [3.05, 3.63) is 29.8 Å². The van der Waals surface area contributed by atoms with Gasteiger partial charge in [0.15, 0.2) is 0 Å². The Kier molecular flexibility index (Phi) is 5.48. The molecule has 104 valence electrons. The second-order valence-corrected chi connectivity index (χ2v) is 5.86. The Labute approximate surface area is 120 Å². The summed E-state index contributed by atoms with van der Waals surface area (Å²) in [6.07, 6.45) is 0. The number of carbonyl (C=O) groups is 1. The summed E-state index contributed by atoms with van der Waals surface area (Å²) in [6, 6.07) is 7.85. The highest BCUT2D eigenvalue weighted by Gasteiger charge is 2.25. The molecule has 1 aromatic rings. The van der Waals surface area contributed by atoms with Crippen molar-refractivity contribution >= 4 is 28.8 Å². The van der Waals surface area contributed by atoms with Crippen LogP contribution in [0.3, 0.4) is 0 Å². The van der Waals surface area contributed by atoms with Gasteiger partial charge in [0.1, 0.15) is 0 Å². The zero-order valence-corrected chi connectivity index (χ0v) is 12.8. The molecule has 0 bridgehead atoms. The molecule has 1 unspecified atom stereocenters. The van der Waals surface area contributed by atoms with Crippen LogP contribution in [0.2, 0.25) is 0 Å². The predicted molar refractivity (Wildman–Crippen MR) is 84.3 cm³/mol. The maximum Gasteiger partial charge on any atom is 0.234 e. The number of carbonyl (C=O) groups excluding carboxylic acids is 1. The van der Waals surface area contributed by atoms with Crippen molar-refractivity contribution in [1.82, 2.24) is 0 Å². The number of amides is 1. The van der Waals surface area contributed by atoms with Crippen LogP contribution in [0.25, 0.3) is 0 Å². The van der Waals surface area contributed by atoms with Crippen LogP contribution in [0.4, 0.5) is 5.69 Å². The fraction of sp³-hybridized carbons (Fsp3) is 0.467. The molecule has 0 spiro atoms. The summed E-state index contributed by atoms with van der Waals surface area (Å²) in [5.41, 5.74) is 7.62. The highest BCUT2D eigenvalue weighted by Crippen LogP contribution is 2.20. The average Bonchev–Trinajstić information content (AvgIpc) is 2.27. The van der Waals surface area contributed by atoms with Crippen molar-refractivity contribution in [3.63, 3.8) is 0 Å². The molecule has 0 aliphatic rings. The Bertz CT molecular complexity index is 469. The van der Waals surface area contributed by atoms with E-state index in [0.29, 0.717) is 5.92 Å². The van der Waals surface area contributed by atoms with Gasteiger partial charge < -0.3 is 11.1 Å². The van der Waals surface area contributed by atoms with E-state index in [0.717, 1.165) is 5.69 Å². The monoisotopic (exact) mass is 278 g/mol. The van der Waals surface area contributed by atoms with Crippen LogP contribution >= 0.6 is 12.2 Å². The van der Waals surface area contributed by atoms with E-state index < -0.39 is 5.92 Å². The summed E-state index contributed by atoms with van der Waals surface area (Å²) in [4.78, 5) is 12.4. The summed E-state index contributed by atoms with van der Waals surface area (Å²) in [7, 11) is 0. The minimum absolute atomic E-state index is 0.0887. The molecule has 0 fully saturated rings. The van der Waals surface area contributed by atoms with Gasteiger partial charge in [-0.15, -0.1) is 0 Å². The highest BCUT2D eigenvalue weighted by atomic mass is 32.1. The largest absolute Gasteiger partial charge is 0.393 e. The molecule has 1 atom stereocenters. The zero-order valence-electron chi connectivity index (χ0n) is 11.9. The van der Waals surface area contributed by atoms with E-state index in [1.807, 2.05) is 38.1 Å². The Morgan fingerprint density at radius 3 is 2.37 bits per heavy atom. The van der Waals surface area contributed by atoms with Crippen LogP contribution in [0, 0.1) is 11.8 Å². The molecule has 0 saturated heterocycles. The van der Waals surface area contributed by atoms with E-state index in [2.05, 4.69) is 19.2 Å². The molecule has 0 aliphatic carbocycles. The Morgan fingerprint density at radius 2 is 1.89 bits per heavy atom. The first-order valence-corrected chi connectivity index (χ1v) is 6.94. The van der Waals surface area contributed by atoms with Crippen LogP contribution in [0.15, 0.2) is 24.3 Å². The summed E-state index contributed by atoms with van der Waals surface area (Å²) in [5.74, 6) is -0.0553. The summed E-state index contributed by atoms with van der Waals surface area (Å²) in [5, 5.41) is 2.89. The number of hydrogen-bond donors (Lipinski definition) is 2. The van der Waals surface area contributed by atoms with Crippen LogP contribution in [-0.4, -0.2) is 10.9 Å². The van der Waals surface area contributed by atoms with Crippen LogP contribution in [0.1, 0.15) is 39.2 Å². The van der Waals surface area contributed by atoms with Crippen molar-refractivity contribution < 1.29 is 4.79 Å². The van der Waals surface area contributed by atoms with E-state index >= 15 is 0 Å². The van der Waals surface area contributed by atoms with E-state index in [4.69, 9.17) is 18.0 Å². The molecule has 19 heavy (non-hydrogen) atoms. The first-order chi connectivity index (χ1) is 8.82. The number of anilines is 1. The highest BCUT2D eigenvalue weighted by molar-refractivity contribution is 7.80. The molecule has 3 N–H and O–H groups in total. The molecule has 0 aliphatic heterocycles. The molecule has 1 rings (SSSR count). The molecule has 4 heteroatoms. The smallest absolute Gasteiger partial charge is 0.234 e. The first-order valence-electron chi connectivity index (χ1n) is 6.53. The minimum atomic E-state index is -0.433. The minimum Gasteiger partial charge on any atom is -0.393 e. The van der Waals surface area contributed by atoms with Crippen LogP contribution in [-0.2, 0) is 4.79 Å². The van der Waals surface area contributed by atoms with Crippen molar-refractivity contribution in [1.29, 1.82) is 0 Å². The predicted octanol–water partition coefficient (Wildman–Crippen LogP) is 3.31. The van der Waals surface area contributed by atoms with E-state index in [-0.39, 0.29) is 16.8 Å². The number of hydrogen-bond acceptors (Lipinski definition) is 2. The molecular weight excluding hydrogens is 256 g/mol. The topological polar surface area (TPSA) is 55.1 Å². The van der Waals surface area contributed by atoms with Gasteiger partial charge in [-0.1, -0.05) is 52.0 Å². The van der Waals surface area contributed by atoms with Gasteiger partial charge in [-0.3, -0.25) is 4.79 Å². The zero-order chi connectivity index (χ0) is 14.6. The lowest BCUT2D eigenvalue weighted by molar-refractivity contribution is -0.118. The van der Waals surface area contributed by atoms with Crippen molar-refractivity contribution in [3.8, 4) is 0 Å². The Balaban J connectivity index is 2.87. The van der Waals surface area contributed by atoms with Gasteiger partial charge in [-0.05, 0) is 29.5 Å². The lowest BCUT2D eigenvalue weighted by Gasteiger charge is -2.19. The van der Waals surface area contributed by atoms with Gasteiger partial charge >= 0.3 is 0 Å². The van der Waals surface area contributed by atoms with E-state index in [1.165, 1.54) is 5.56 Å². The Hall–Kier alpha value is -1.42. The van der Waals surface area contributed by atoms with E-state index in [1.54, 1.807) is 0 Å². The lowest BCUT2D eigenvalue weighted by atomic mass is 9.94. The van der Waals surface area contributed by atoms with Crippen molar-refractivity contribution in [2.45, 2.75) is 33.6 Å². The maximum atomic E-state index is 12.2. The second kappa shape index (κ2) is 6.66. The lowest BCUT2D eigenvalue weighted by Crippen LogP contribution is -2.36. The third-order valence-electron chi connectivity index (χ3n) is 3.08. The molecule has 0 radical (unpaired) electrons. The van der Waals surface area contributed by atoms with Crippen molar-refractivity contribution in [2.24, 2.45) is 17.6 Å². The summed E-state index contributed by atoms with van der Waals surface area (Å²) < 4.78 is 0. The first kappa shape index (κ1) is 15.6. The molecule has 3 nitrogen and oxygen atoms in total. The molecule has 0 aromatic heterocycles. The number of nitrogens with one attached hydrogen (secondary N) is 1. The number of benzene rings is 1. The van der Waals surface area contributed by atoms with Crippen molar-refractivity contribution in [2.75, 3.05) is 5.32 Å². The third kappa shape index (κ3) is 4.31. The number of rotatable bonds is 5. The summed E-state index contributed by atoms with van der Waals surface area (Å²) in [6.45, 7) is 8.11. The molecule has 1 aromatic carbocycles. The van der Waals surface area contributed by atoms with Crippen LogP contribution < -0.4 is 11.1 Å². The number of thiocarbonyl (C=S) groups is 1. The second-order valence-electron chi connectivity index (χ2n) is 5.39. The number of nitrogens with two attached hydrogens (primary N) is 1. The molecular formula is C15H22N2OS. The molecule has 0 saturated carbocycles. The van der Waals surface area contributed by atoms with Gasteiger partial charge in [0, 0.05) is 5.69 Å². The maximum absolute atomic E-state index is 12.2. The van der Waals surface area contributed by atoms with Gasteiger partial charge in [0.05, 0.1) is 10.9 Å². The molecule has 1 amide bonds. The SMILES string of the molecule is CC(C)c1cccc(NC(=O)C(C(N)=S)C(C)C)c1. The normalized spacial score (nSPS) is 12.5. The average molecular weight is 278 g/mol. The summed E-state index contributed by atoms with van der Waals surface area (Å²) >= 11 is 4.97. The van der Waals surface area contributed by atoms with Gasteiger partial charge in [0.25, 0.3) is 0 Å². The van der Waals surface area contributed by atoms with Gasteiger partial charge in [0.2, 0.25) is 5.91 Å². The Morgan fingerprint density at radius 1 is 1.26 bits per heavy atom. The van der Waals surface area contributed by atoms with Gasteiger partial charge in [-0.2, -0.15) is 0 Å². The quantitative estimate of drug-likeness (QED) is 0.812. The fourth-order valence-corrected chi connectivity index (χ4v) is 2.34.